The van der Waals surface area contributed by atoms with E-state index >= 15 is 0 Å². The highest BCUT2D eigenvalue weighted by molar-refractivity contribution is 7.19. The minimum Gasteiger partial charge on any atom is -0.453 e. The van der Waals surface area contributed by atoms with Gasteiger partial charge in [0.25, 0.3) is 0 Å². The van der Waals surface area contributed by atoms with Crippen LogP contribution < -0.4 is 0 Å². The molecule has 0 radical (unpaired) electrons. The van der Waals surface area contributed by atoms with Crippen LogP contribution in [0.2, 0.25) is 0 Å². The number of hydrogen-bond acceptors (Lipinski definition) is 6. The third-order valence-corrected chi connectivity index (χ3v) is 5.67. The summed E-state index contributed by atoms with van der Waals surface area (Å²) in [4.78, 5) is 3.28. The second kappa shape index (κ2) is 6.24. The second-order valence-electron chi connectivity index (χ2n) is 6.56. The van der Waals surface area contributed by atoms with Gasteiger partial charge in [0.2, 0.25) is 4.96 Å². The highest BCUT2D eigenvalue weighted by atomic mass is 32.1. The predicted octanol–water partition coefficient (Wildman–Crippen LogP) is 3.98. The molecule has 4 aromatic rings. The van der Waals surface area contributed by atoms with E-state index < -0.39 is 0 Å². The van der Waals surface area contributed by atoms with E-state index in [-0.39, 0.29) is 0 Å². The van der Waals surface area contributed by atoms with Gasteiger partial charge in [-0.3, -0.25) is 4.90 Å². The zero-order chi connectivity index (χ0) is 16.6. The maximum absolute atomic E-state index is 5.94. The average molecular weight is 353 g/mol. The molecule has 4 heterocycles. The molecule has 0 unspecified atom stereocenters. The van der Waals surface area contributed by atoms with Gasteiger partial charge in [0.05, 0.1) is 6.54 Å². The molecule has 1 aliphatic rings. The standard InChI is InChI=1S/C18H19N5OS/c1-2-6-10-22(9-5-1)12-16-19-20-18-23(16)21-17(25-18)15-11-13-7-3-4-8-14(13)24-15/h3-4,7-8,11H,1-2,5-6,9-10,12H2. The summed E-state index contributed by atoms with van der Waals surface area (Å²) in [6.45, 7) is 3.08. The number of para-hydroxylation sites is 1. The first-order valence-corrected chi connectivity index (χ1v) is 9.61. The minimum atomic E-state index is 0.789. The number of furan rings is 1. The predicted molar refractivity (Wildman–Crippen MR) is 97.6 cm³/mol. The lowest BCUT2D eigenvalue weighted by Gasteiger charge is -2.17. The Morgan fingerprint density at radius 2 is 1.88 bits per heavy atom. The summed E-state index contributed by atoms with van der Waals surface area (Å²) < 4.78 is 7.81. The number of likely N-dealkylation sites (tertiary alicyclic amines) is 1. The molecule has 0 atom stereocenters. The molecule has 7 heteroatoms. The van der Waals surface area contributed by atoms with Crippen molar-refractivity contribution in [2.75, 3.05) is 13.1 Å². The Labute approximate surface area is 149 Å². The Kier molecular flexibility index (Phi) is 3.75. The molecule has 1 aliphatic heterocycles. The van der Waals surface area contributed by atoms with Crippen molar-refractivity contribution in [3.05, 3.63) is 36.2 Å². The lowest BCUT2D eigenvalue weighted by Crippen LogP contribution is -2.25. The molecular weight excluding hydrogens is 334 g/mol. The summed E-state index contributed by atoms with van der Waals surface area (Å²) in [6.07, 6.45) is 5.20. The van der Waals surface area contributed by atoms with E-state index in [9.17, 15) is 0 Å². The normalized spacial score (nSPS) is 16.6. The maximum Gasteiger partial charge on any atom is 0.235 e. The van der Waals surface area contributed by atoms with Crippen molar-refractivity contribution >= 4 is 27.3 Å². The van der Waals surface area contributed by atoms with Gasteiger partial charge in [0, 0.05) is 5.39 Å². The van der Waals surface area contributed by atoms with Crippen LogP contribution in [-0.4, -0.2) is 37.8 Å². The Bertz CT molecular complexity index is 976. The van der Waals surface area contributed by atoms with Crippen molar-refractivity contribution < 1.29 is 4.42 Å². The van der Waals surface area contributed by atoms with Crippen molar-refractivity contribution in [1.82, 2.24) is 24.7 Å². The fourth-order valence-electron chi connectivity index (χ4n) is 3.44. The van der Waals surface area contributed by atoms with Crippen LogP contribution in [0, 0.1) is 0 Å². The van der Waals surface area contributed by atoms with Gasteiger partial charge in [0.1, 0.15) is 5.58 Å². The van der Waals surface area contributed by atoms with Crippen molar-refractivity contribution in [2.24, 2.45) is 0 Å². The fraction of sp³-hybridized carbons (Fsp3) is 0.389. The first-order valence-electron chi connectivity index (χ1n) is 8.79. The van der Waals surface area contributed by atoms with Crippen LogP contribution in [0.1, 0.15) is 31.5 Å². The van der Waals surface area contributed by atoms with Crippen molar-refractivity contribution in [3.8, 4) is 10.8 Å². The number of rotatable bonds is 3. The second-order valence-corrected chi connectivity index (χ2v) is 7.51. The van der Waals surface area contributed by atoms with Crippen LogP contribution in [0.5, 0.6) is 0 Å². The summed E-state index contributed by atoms with van der Waals surface area (Å²) in [6, 6.07) is 10.1. The molecule has 0 N–H and O–H groups in total. The molecule has 1 saturated heterocycles. The van der Waals surface area contributed by atoms with E-state index in [0.29, 0.717) is 0 Å². The van der Waals surface area contributed by atoms with Gasteiger partial charge < -0.3 is 4.42 Å². The summed E-state index contributed by atoms with van der Waals surface area (Å²) in [7, 11) is 0. The first kappa shape index (κ1) is 15.0. The number of benzene rings is 1. The summed E-state index contributed by atoms with van der Waals surface area (Å²) in [5.74, 6) is 1.70. The lowest BCUT2D eigenvalue weighted by molar-refractivity contribution is 0.268. The van der Waals surface area contributed by atoms with E-state index in [2.05, 4.69) is 15.1 Å². The van der Waals surface area contributed by atoms with Crippen LogP contribution in [-0.2, 0) is 6.54 Å². The molecule has 3 aromatic heterocycles. The van der Waals surface area contributed by atoms with E-state index in [1.165, 1.54) is 37.0 Å². The van der Waals surface area contributed by atoms with Gasteiger partial charge in [-0.2, -0.15) is 4.52 Å². The SMILES string of the molecule is c1ccc2oc(-c3nn4c(CN5CCCCCC5)nnc4s3)cc2c1. The van der Waals surface area contributed by atoms with Gasteiger partial charge in [-0.15, -0.1) is 15.3 Å². The molecule has 0 bridgehead atoms. The third kappa shape index (κ3) is 2.83. The first-order chi connectivity index (χ1) is 12.4. The zero-order valence-electron chi connectivity index (χ0n) is 13.9. The van der Waals surface area contributed by atoms with Crippen LogP contribution in [0.15, 0.2) is 34.7 Å². The largest absolute Gasteiger partial charge is 0.453 e. The molecular formula is C18H19N5OS. The summed E-state index contributed by atoms with van der Waals surface area (Å²) in [5, 5.41) is 15.3. The average Bonchev–Trinajstić information content (AvgIpc) is 3.26. The molecule has 0 amide bonds. The molecule has 128 valence electrons. The number of nitrogens with zero attached hydrogens (tertiary/aromatic N) is 5. The maximum atomic E-state index is 5.94. The van der Waals surface area contributed by atoms with Gasteiger partial charge in [-0.1, -0.05) is 42.4 Å². The van der Waals surface area contributed by atoms with Crippen LogP contribution in [0.4, 0.5) is 0 Å². The quantitative estimate of drug-likeness (QED) is 0.558. The molecule has 0 spiro atoms. The Morgan fingerprint density at radius 1 is 1.04 bits per heavy atom. The van der Waals surface area contributed by atoms with E-state index in [1.807, 2.05) is 34.8 Å². The highest BCUT2D eigenvalue weighted by Gasteiger charge is 2.18. The molecule has 0 saturated carbocycles. The minimum absolute atomic E-state index is 0.789. The summed E-state index contributed by atoms with van der Waals surface area (Å²) in [5.41, 5.74) is 0.883. The topological polar surface area (TPSA) is 59.5 Å². The van der Waals surface area contributed by atoms with Gasteiger partial charge in [-0.05, 0) is 38.1 Å². The number of aromatic nitrogens is 4. The van der Waals surface area contributed by atoms with Crippen LogP contribution in [0.25, 0.3) is 26.7 Å². The molecule has 6 nitrogen and oxygen atoms in total. The lowest BCUT2D eigenvalue weighted by atomic mass is 10.2. The van der Waals surface area contributed by atoms with E-state index in [4.69, 9.17) is 9.52 Å². The van der Waals surface area contributed by atoms with Crippen molar-refractivity contribution in [3.63, 3.8) is 0 Å². The van der Waals surface area contributed by atoms with E-state index in [1.54, 1.807) is 0 Å². The highest BCUT2D eigenvalue weighted by Crippen LogP contribution is 2.31. The van der Waals surface area contributed by atoms with Gasteiger partial charge in [-0.25, -0.2) is 0 Å². The zero-order valence-corrected chi connectivity index (χ0v) is 14.7. The molecule has 1 aromatic carbocycles. The van der Waals surface area contributed by atoms with Crippen LogP contribution in [0.3, 0.4) is 0 Å². The van der Waals surface area contributed by atoms with Crippen molar-refractivity contribution in [2.45, 2.75) is 32.2 Å². The Balaban J connectivity index is 1.46. The Hall–Kier alpha value is -2.25. The number of fused-ring (bicyclic) bond motifs is 2. The molecule has 25 heavy (non-hydrogen) atoms. The molecule has 5 rings (SSSR count). The van der Waals surface area contributed by atoms with Gasteiger partial charge >= 0.3 is 0 Å². The monoisotopic (exact) mass is 353 g/mol. The Morgan fingerprint density at radius 3 is 2.72 bits per heavy atom. The van der Waals surface area contributed by atoms with Crippen LogP contribution >= 0.6 is 11.3 Å². The summed E-state index contributed by atoms with van der Waals surface area (Å²) >= 11 is 1.52. The van der Waals surface area contributed by atoms with Crippen molar-refractivity contribution in [1.29, 1.82) is 0 Å². The van der Waals surface area contributed by atoms with E-state index in [0.717, 1.165) is 52.2 Å². The molecule has 1 fully saturated rings. The third-order valence-electron chi connectivity index (χ3n) is 4.76. The van der Waals surface area contributed by atoms with Gasteiger partial charge in [0.15, 0.2) is 16.6 Å². The number of hydrogen-bond donors (Lipinski definition) is 0. The smallest absolute Gasteiger partial charge is 0.235 e. The fourth-order valence-corrected chi connectivity index (χ4v) is 4.25. The molecule has 0 aliphatic carbocycles.